The Labute approximate surface area is 108 Å². The largest absolute Gasteiger partial charge is 0.247 e. The molecule has 0 unspecified atom stereocenters. The lowest BCUT2D eigenvalue weighted by atomic mass is 10.1. The molecule has 0 aliphatic carbocycles. The first-order valence-corrected chi connectivity index (χ1v) is 6.24. The first-order valence-electron chi connectivity index (χ1n) is 5.45. The highest BCUT2D eigenvalue weighted by Crippen LogP contribution is 2.25. The Kier molecular flexibility index (Phi) is 2.65. The molecule has 0 fully saturated rings. The van der Waals surface area contributed by atoms with Gasteiger partial charge in [-0.25, -0.2) is 4.98 Å². The van der Waals surface area contributed by atoms with Crippen molar-refractivity contribution in [2.75, 3.05) is 0 Å². The van der Waals surface area contributed by atoms with Crippen LogP contribution in [0.15, 0.2) is 65.1 Å². The number of aromatic nitrogens is 1. The molecule has 0 bridgehead atoms. The van der Waals surface area contributed by atoms with Crippen molar-refractivity contribution in [2.24, 2.45) is 0 Å². The Balaban J connectivity index is 2.23. The maximum absolute atomic E-state index is 4.70. The summed E-state index contributed by atoms with van der Waals surface area (Å²) in [6, 6.07) is 20.5. The SMILES string of the molecule is Brc1cccc2ccc(-c3ccccc3)nc12. The molecule has 0 spiro atoms. The molecule has 0 aliphatic rings. The third-order valence-corrected chi connectivity index (χ3v) is 3.38. The first kappa shape index (κ1) is 10.5. The van der Waals surface area contributed by atoms with Crippen molar-refractivity contribution in [3.63, 3.8) is 0 Å². The Morgan fingerprint density at radius 1 is 0.765 bits per heavy atom. The zero-order valence-corrected chi connectivity index (χ0v) is 10.7. The molecule has 82 valence electrons. The van der Waals surface area contributed by atoms with Gasteiger partial charge in [-0.3, -0.25) is 0 Å². The number of hydrogen-bond acceptors (Lipinski definition) is 1. The molecule has 2 heteroatoms. The Morgan fingerprint density at radius 3 is 2.41 bits per heavy atom. The molecule has 0 N–H and O–H groups in total. The van der Waals surface area contributed by atoms with Gasteiger partial charge in [0.05, 0.1) is 11.2 Å². The second kappa shape index (κ2) is 4.30. The van der Waals surface area contributed by atoms with Crippen molar-refractivity contribution >= 4 is 26.8 Å². The number of para-hydroxylation sites is 1. The fourth-order valence-corrected chi connectivity index (χ4v) is 2.35. The van der Waals surface area contributed by atoms with Gasteiger partial charge in [-0.2, -0.15) is 0 Å². The van der Waals surface area contributed by atoms with Gasteiger partial charge in [-0.1, -0.05) is 48.5 Å². The first-order chi connectivity index (χ1) is 8.34. The van der Waals surface area contributed by atoms with E-state index in [1.54, 1.807) is 0 Å². The standard InChI is InChI=1S/C15H10BrN/c16-13-8-4-7-12-9-10-14(17-15(12)13)11-5-2-1-3-6-11/h1-10H. The average molecular weight is 284 g/mol. The van der Waals surface area contributed by atoms with Crippen LogP contribution in [0.1, 0.15) is 0 Å². The molecule has 3 aromatic rings. The molecular weight excluding hydrogens is 274 g/mol. The van der Waals surface area contributed by atoms with Gasteiger partial charge >= 0.3 is 0 Å². The van der Waals surface area contributed by atoms with Crippen LogP contribution in [0.5, 0.6) is 0 Å². The van der Waals surface area contributed by atoms with Crippen LogP contribution in [0.3, 0.4) is 0 Å². The number of nitrogens with zero attached hydrogens (tertiary/aromatic N) is 1. The number of benzene rings is 2. The third-order valence-electron chi connectivity index (χ3n) is 2.74. The van der Waals surface area contributed by atoms with Crippen LogP contribution in [-0.4, -0.2) is 4.98 Å². The van der Waals surface area contributed by atoms with Crippen LogP contribution in [-0.2, 0) is 0 Å². The molecule has 0 atom stereocenters. The highest BCUT2D eigenvalue weighted by molar-refractivity contribution is 9.10. The van der Waals surface area contributed by atoms with Gasteiger partial charge < -0.3 is 0 Å². The summed E-state index contributed by atoms with van der Waals surface area (Å²) >= 11 is 3.54. The van der Waals surface area contributed by atoms with Crippen molar-refractivity contribution in [3.8, 4) is 11.3 Å². The summed E-state index contributed by atoms with van der Waals surface area (Å²) in [6.45, 7) is 0. The molecule has 0 saturated carbocycles. The molecule has 2 aromatic carbocycles. The predicted octanol–water partition coefficient (Wildman–Crippen LogP) is 4.66. The predicted molar refractivity (Wildman–Crippen MR) is 74.9 cm³/mol. The minimum absolute atomic E-state index is 1.00. The summed E-state index contributed by atoms with van der Waals surface area (Å²) in [4.78, 5) is 4.70. The van der Waals surface area contributed by atoms with Crippen molar-refractivity contribution in [1.82, 2.24) is 4.98 Å². The number of hydrogen-bond donors (Lipinski definition) is 0. The zero-order chi connectivity index (χ0) is 11.7. The maximum Gasteiger partial charge on any atom is 0.0851 e. The molecule has 1 aromatic heterocycles. The molecule has 0 aliphatic heterocycles. The number of halogens is 1. The van der Waals surface area contributed by atoms with Gasteiger partial charge in [0.1, 0.15) is 0 Å². The van der Waals surface area contributed by atoms with Crippen LogP contribution < -0.4 is 0 Å². The van der Waals surface area contributed by atoms with E-state index in [1.165, 1.54) is 0 Å². The molecule has 0 amide bonds. The normalized spacial score (nSPS) is 10.6. The van der Waals surface area contributed by atoms with Gasteiger partial charge in [-0.05, 0) is 28.1 Å². The van der Waals surface area contributed by atoms with E-state index in [0.29, 0.717) is 0 Å². The Bertz CT molecular complexity index is 662. The smallest absolute Gasteiger partial charge is 0.0851 e. The van der Waals surface area contributed by atoms with Gasteiger partial charge in [0.15, 0.2) is 0 Å². The second-order valence-electron chi connectivity index (χ2n) is 3.87. The van der Waals surface area contributed by atoms with Crippen LogP contribution >= 0.6 is 15.9 Å². The second-order valence-corrected chi connectivity index (χ2v) is 4.73. The number of pyridine rings is 1. The van der Waals surface area contributed by atoms with Crippen molar-refractivity contribution < 1.29 is 0 Å². The van der Waals surface area contributed by atoms with E-state index in [1.807, 2.05) is 30.3 Å². The quantitative estimate of drug-likeness (QED) is 0.633. The van der Waals surface area contributed by atoms with Crippen molar-refractivity contribution in [3.05, 3.63) is 65.1 Å². The summed E-state index contributed by atoms with van der Waals surface area (Å²) in [5.41, 5.74) is 3.16. The summed E-state index contributed by atoms with van der Waals surface area (Å²) in [5.74, 6) is 0. The minimum atomic E-state index is 1.00. The van der Waals surface area contributed by atoms with Gasteiger partial charge in [0, 0.05) is 15.4 Å². The summed E-state index contributed by atoms with van der Waals surface area (Å²) in [5, 5.41) is 1.15. The van der Waals surface area contributed by atoms with Crippen LogP contribution in [0, 0.1) is 0 Å². The maximum atomic E-state index is 4.70. The van der Waals surface area contributed by atoms with E-state index in [9.17, 15) is 0 Å². The molecule has 0 radical (unpaired) electrons. The fraction of sp³-hybridized carbons (Fsp3) is 0. The lowest BCUT2D eigenvalue weighted by molar-refractivity contribution is 1.39. The van der Waals surface area contributed by atoms with Crippen LogP contribution in [0.4, 0.5) is 0 Å². The molecule has 1 heterocycles. The van der Waals surface area contributed by atoms with Crippen molar-refractivity contribution in [2.45, 2.75) is 0 Å². The molecule has 1 nitrogen and oxygen atoms in total. The van der Waals surface area contributed by atoms with E-state index in [-0.39, 0.29) is 0 Å². The summed E-state index contributed by atoms with van der Waals surface area (Å²) < 4.78 is 1.03. The van der Waals surface area contributed by atoms with Crippen LogP contribution in [0.2, 0.25) is 0 Å². The highest BCUT2D eigenvalue weighted by Gasteiger charge is 2.03. The monoisotopic (exact) mass is 283 g/mol. The molecule has 3 rings (SSSR count). The van der Waals surface area contributed by atoms with Gasteiger partial charge in [0.25, 0.3) is 0 Å². The third kappa shape index (κ3) is 1.96. The summed E-state index contributed by atoms with van der Waals surface area (Å²) in [7, 11) is 0. The highest BCUT2D eigenvalue weighted by atomic mass is 79.9. The molecule has 17 heavy (non-hydrogen) atoms. The van der Waals surface area contributed by atoms with E-state index in [2.05, 4.69) is 46.3 Å². The minimum Gasteiger partial charge on any atom is -0.247 e. The lowest BCUT2D eigenvalue weighted by Crippen LogP contribution is -1.85. The molecule has 0 saturated heterocycles. The lowest BCUT2D eigenvalue weighted by Gasteiger charge is -2.04. The van der Waals surface area contributed by atoms with E-state index in [0.717, 1.165) is 26.6 Å². The van der Waals surface area contributed by atoms with E-state index in [4.69, 9.17) is 4.98 Å². The number of fused-ring (bicyclic) bond motifs is 1. The average Bonchev–Trinajstić information content (AvgIpc) is 2.40. The fourth-order valence-electron chi connectivity index (χ4n) is 1.88. The zero-order valence-electron chi connectivity index (χ0n) is 9.10. The van der Waals surface area contributed by atoms with Crippen molar-refractivity contribution in [1.29, 1.82) is 0 Å². The molecular formula is C15H10BrN. The topological polar surface area (TPSA) is 12.9 Å². The van der Waals surface area contributed by atoms with Gasteiger partial charge in [0.2, 0.25) is 0 Å². The van der Waals surface area contributed by atoms with Gasteiger partial charge in [-0.15, -0.1) is 0 Å². The van der Waals surface area contributed by atoms with E-state index >= 15 is 0 Å². The van der Waals surface area contributed by atoms with E-state index < -0.39 is 0 Å². The Morgan fingerprint density at radius 2 is 1.59 bits per heavy atom. The van der Waals surface area contributed by atoms with Crippen LogP contribution in [0.25, 0.3) is 22.2 Å². The Hall–Kier alpha value is -1.67. The summed E-state index contributed by atoms with van der Waals surface area (Å²) in [6.07, 6.45) is 0. The number of rotatable bonds is 1.